The number of nitrogens with two attached hydrogens (primary N) is 1. The van der Waals surface area contributed by atoms with Gasteiger partial charge in [0, 0.05) is 19.7 Å². The second kappa shape index (κ2) is 4.80. The third kappa shape index (κ3) is 2.34. The summed E-state index contributed by atoms with van der Waals surface area (Å²) in [4.78, 5) is 13.8. The molecule has 14 heavy (non-hydrogen) atoms. The first-order chi connectivity index (χ1) is 6.66. The second-order valence-corrected chi connectivity index (χ2v) is 3.78. The summed E-state index contributed by atoms with van der Waals surface area (Å²) in [5.74, 6) is 5.60. The van der Waals surface area contributed by atoms with E-state index in [0.717, 1.165) is 5.56 Å². The molecule has 0 bridgehead atoms. The summed E-state index contributed by atoms with van der Waals surface area (Å²) in [6, 6.07) is 1.84. The third-order valence-corrected chi connectivity index (χ3v) is 2.49. The van der Waals surface area contributed by atoms with E-state index in [1.54, 1.807) is 19.0 Å². The maximum atomic E-state index is 11.6. The minimum atomic E-state index is -0.0127. The molecular weight excluding hydrogens is 196 g/mol. The summed E-state index contributed by atoms with van der Waals surface area (Å²) < 4.78 is 0. The fraction of sp³-hybridized carbons (Fsp3) is 0.300. The maximum absolute atomic E-state index is 11.6. The molecule has 0 atom stereocenters. The Bertz CT molecular complexity index is 384. The highest BCUT2D eigenvalue weighted by Gasteiger charge is 2.13. The van der Waals surface area contributed by atoms with Gasteiger partial charge in [-0.15, -0.1) is 11.3 Å². The number of carbonyl (C=O) groups excluding carboxylic acids is 1. The summed E-state index contributed by atoms with van der Waals surface area (Å²) in [7, 11) is 3.45. The van der Waals surface area contributed by atoms with Crippen molar-refractivity contribution in [3.63, 3.8) is 0 Å². The van der Waals surface area contributed by atoms with E-state index in [2.05, 4.69) is 11.8 Å². The van der Waals surface area contributed by atoms with Crippen LogP contribution in [0.5, 0.6) is 0 Å². The summed E-state index contributed by atoms with van der Waals surface area (Å²) in [6.45, 7) is 0.311. The van der Waals surface area contributed by atoms with Gasteiger partial charge in [0.2, 0.25) is 0 Å². The summed E-state index contributed by atoms with van der Waals surface area (Å²) in [5, 5.41) is 1.86. The van der Waals surface area contributed by atoms with Crippen molar-refractivity contribution in [1.82, 2.24) is 4.90 Å². The molecule has 0 saturated carbocycles. The molecule has 4 heteroatoms. The zero-order valence-corrected chi connectivity index (χ0v) is 9.02. The van der Waals surface area contributed by atoms with Crippen LogP contribution in [0.25, 0.3) is 0 Å². The predicted octanol–water partition coefficient (Wildman–Crippen LogP) is 0.760. The minimum absolute atomic E-state index is 0.0127. The molecule has 0 unspecified atom stereocenters. The van der Waals surface area contributed by atoms with E-state index in [1.807, 2.05) is 11.4 Å². The van der Waals surface area contributed by atoms with Gasteiger partial charge in [-0.1, -0.05) is 11.8 Å². The van der Waals surface area contributed by atoms with E-state index in [1.165, 1.54) is 11.3 Å². The zero-order chi connectivity index (χ0) is 10.6. The van der Waals surface area contributed by atoms with Crippen molar-refractivity contribution >= 4 is 17.2 Å². The van der Waals surface area contributed by atoms with Crippen LogP contribution in [0.15, 0.2) is 11.4 Å². The van der Waals surface area contributed by atoms with Crippen molar-refractivity contribution in [3.05, 3.63) is 21.9 Å². The van der Waals surface area contributed by atoms with Crippen LogP contribution in [-0.4, -0.2) is 31.4 Å². The standard InChI is InChI=1S/C10H12N2OS/c1-12(2)10(13)9-8(4-3-6-11)5-7-14-9/h5,7H,6,11H2,1-2H3. The van der Waals surface area contributed by atoms with Gasteiger partial charge in [0.25, 0.3) is 5.91 Å². The first-order valence-electron chi connectivity index (χ1n) is 4.15. The molecule has 0 radical (unpaired) electrons. The Kier molecular flexibility index (Phi) is 3.69. The second-order valence-electron chi connectivity index (χ2n) is 2.87. The van der Waals surface area contributed by atoms with Crippen molar-refractivity contribution < 1.29 is 4.79 Å². The predicted molar refractivity (Wildman–Crippen MR) is 58.3 cm³/mol. The first-order valence-corrected chi connectivity index (χ1v) is 5.03. The number of hydrogen-bond acceptors (Lipinski definition) is 3. The molecule has 3 nitrogen and oxygen atoms in total. The molecule has 0 aromatic carbocycles. The lowest BCUT2D eigenvalue weighted by atomic mass is 10.2. The smallest absolute Gasteiger partial charge is 0.264 e. The number of carbonyl (C=O) groups is 1. The Hall–Kier alpha value is -1.31. The van der Waals surface area contributed by atoms with Crippen molar-refractivity contribution in [2.45, 2.75) is 0 Å². The Morgan fingerprint density at radius 3 is 2.93 bits per heavy atom. The van der Waals surface area contributed by atoms with Gasteiger partial charge in [0.1, 0.15) is 4.88 Å². The first kappa shape index (κ1) is 10.8. The van der Waals surface area contributed by atoms with Crippen LogP contribution in [-0.2, 0) is 0 Å². The normalized spacial score (nSPS) is 9.07. The number of rotatable bonds is 1. The lowest BCUT2D eigenvalue weighted by Gasteiger charge is -2.08. The average Bonchev–Trinajstić information content (AvgIpc) is 2.61. The van der Waals surface area contributed by atoms with Crippen LogP contribution < -0.4 is 5.73 Å². The molecule has 1 aromatic heterocycles. The number of nitrogens with zero attached hydrogens (tertiary/aromatic N) is 1. The molecule has 0 saturated heterocycles. The van der Waals surface area contributed by atoms with Gasteiger partial charge in [0.05, 0.1) is 6.54 Å². The van der Waals surface area contributed by atoms with Gasteiger partial charge in [0.15, 0.2) is 0 Å². The Morgan fingerprint density at radius 1 is 1.64 bits per heavy atom. The fourth-order valence-electron chi connectivity index (χ4n) is 0.923. The van der Waals surface area contributed by atoms with Gasteiger partial charge >= 0.3 is 0 Å². The Balaban J connectivity index is 2.98. The van der Waals surface area contributed by atoms with Crippen LogP contribution >= 0.6 is 11.3 Å². The van der Waals surface area contributed by atoms with Crippen molar-refractivity contribution in [1.29, 1.82) is 0 Å². The van der Waals surface area contributed by atoms with E-state index in [4.69, 9.17) is 5.73 Å². The van der Waals surface area contributed by atoms with Crippen LogP contribution in [0, 0.1) is 11.8 Å². The van der Waals surface area contributed by atoms with Crippen LogP contribution in [0.4, 0.5) is 0 Å². The molecule has 74 valence electrons. The molecule has 1 amide bonds. The maximum Gasteiger partial charge on any atom is 0.264 e. The van der Waals surface area contributed by atoms with E-state index in [-0.39, 0.29) is 5.91 Å². The summed E-state index contributed by atoms with van der Waals surface area (Å²) in [6.07, 6.45) is 0. The van der Waals surface area contributed by atoms with Crippen molar-refractivity contribution in [2.75, 3.05) is 20.6 Å². The van der Waals surface area contributed by atoms with E-state index in [9.17, 15) is 4.79 Å². The van der Waals surface area contributed by atoms with Crippen molar-refractivity contribution in [2.24, 2.45) is 5.73 Å². The molecular formula is C10H12N2OS. The highest BCUT2D eigenvalue weighted by Crippen LogP contribution is 2.16. The van der Waals surface area contributed by atoms with Crippen molar-refractivity contribution in [3.8, 4) is 11.8 Å². The van der Waals surface area contributed by atoms with E-state index < -0.39 is 0 Å². The van der Waals surface area contributed by atoms with Crippen LogP contribution in [0.3, 0.4) is 0 Å². The summed E-state index contributed by atoms with van der Waals surface area (Å²) in [5.41, 5.74) is 6.03. The van der Waals surface area contributed by atoms with Crippen LogP contribution in [0.2, 0.25) is 0 Å². The fourth-order valence-corrected chi connectivity index (χ4v) is 1.79. The lowest BCUT2D eigenvalue weighted by Crippen LogP contribution is -2.21. The molecule has 0 aliphatic heterocycles. The number of thiophene rings is 1. The topological polar surface area (TPSA) is 46.3 Å². The SMILES string of the molecule is CN(C)C(=O)c1sccc1C#CCN. The van der Waals surface area contributed by atoms with Gasteiger partial charge in [-0.05, 0) is 11.4 Å². The van der Waals surface area contributed by atoms with Gasteiger partial charge in [-0.3, -0.25) is 4.79 Å². The monoisotopic (exact) mass is 208 g/mol. The molecule has 1 aromatic rings. The zero-order valence-electron chi connectivity index (χ0n) is 8.20. The quantitative estimate of drug-likeness (QED) is 0.693. The Labute approximate surface area is 87.5 Å². The molecule has 0 spiro atoms. The number of amides is 1. The molecule has 0 aliphatic carbocycles. The van der Waals surface area contributed by atoms with E-state index in [0.29, 0.717) is 11.4 Å². The molecule has 1 heterocycles. The third-order valence-electron chi connectivity index (χ3n) is 1.59. The summed E-state index contributed by atoms with van der Waals surface area (Å²) >= 11 is 1.40. The molecule has 0 fully saturated rings. The lowest BCUT2D eigenvalue weighted by molar-refractivity contribution is 0.0832. The van der Waals surface area contributed by atoms with Gasteiger partial charge in [-0.2, -0.15) is 0 Å². The largest absolute Gasteiger partial charge is 0.344 e. The highest BCUT2D eigenvalue weighted by molar-refractivity contribution is 7.12. The minimum Gasteiger partial charge on any atom is -0.344 e. The number of hydrogen-bond donors (Lipinski definition) is 1. The molecule has 0 aliphatic rings. The van der Waals surface area contributed by atoms with E-state index >= 15 is 0 Å². The highest BCUT2D eigenvalue weighted by atomic mass is 32.1. The Morgan fingerprint density at radius 2 is 2.36 bits per heavy atom. The average molecular weight is 208 g/mol. The molecule has 1 rings (SSSR count). The van der Waals surface area contributed by atoms with Gasteiger partial charge in [-0.25, -0.2) is 0 Å². The van der Waals surface area contributed by atoms with Gasteiger partial charge < -0.3 is 10.6 Å². The molecule has 2 N–H and O–H groups in total. The van der Waals surface area contributed by atoms with Crippen LogP contribution in [0.1, 0.15) is 15.2 Å².